The molecule has 2 amide bonds. The Balaban J connectivity index is 1.68. The van der Waals surface area contributed by atoms with E-state index in [0.29, 0.717) is 28.4 Å². The summed E-state index contributed by atoms with van der Waals surface area (Å²) in [6.45, 7) is 5.34. The van der Waals surface area contributed by atoms with E-state index in [1.807, 2.05) is 13.8 Å². The van der Waals surface area contributed by atoms with Crippen LogP contribution in [0.2, 0.25) is 0 Å². The fourth-order valence-electron chi connectivity index (χ4n) is 3.67. The standard InChI is InChI=1S/C26H28N2O6/c1-16(2)28-17(3)24(26(31)33-5)22(25(28)30)14-18-6-10-21(11-7-18)34-15-23(29)27-19-8-12-20(32-4)13-9-19/h6-14,16H,15H2,1-5H3,(H,27,29)/b22-14-. The van der Waals surface area contributed by atoms with Crippen LogP contribution in [0.15, 0.2) is 65.4 Å². The van der Waals surface area contributed by atoms with Gasteiger partial charge in [-0.05, 0) is 68.8 Å². The van der Waals surface area contributed by atoms with E-state index in [4.69, 9.17) is 14.2 Å². The quantitative estimate of drug-likeness (QED) is 0.472. The average Bonchev–Trinajstić information content (AvgIpc) is 3.07. The van der Waals surface area contributed by atoms with Gasteiger partial charge in [0.25, 0.3) is 11.8 Å². The van der Waals surface area contributed by atoms with E-state index < -0.39 is 5.97 Å². The number of nitrogens with one attached hydrogen (secondary N) is 1. The molecular weight excluding hydrogens is 436 g/mol. The molecule has 0 bridgehead atoms. The van der Waals surface area contributed by atoms with Crippen molar-refractivity contribution in [2.75, 3.05) is 26.1 Å². The van der Waals surface area contributed by atoms with Gasteiger partial charge >= 0.3 is 5.97 Å². The molecule has 1 heterocycles. The molecule has 0 saturated heterocycles. The molecule has 1 N–H and O–H groups in total. The van der Waals surface area contributed by atoms with Gasteiger partial charge in [-0.1, -0.05) is 12.1 Å². The molecule has 0 fully saturated rings. The molecule has 0 aliphatic carbocycles. The van der Waals surface area contributed by atoms with Gasteiger partial charge in [0, 0.05) is 17.4 Å². The number of benzene rings is 2. The third kappa shape index (κ3) is 5.46. The summed E-state index contributed by atoms with van der Waals surface area (Å²) in [5, 5.41) is 2.75. The molecule has 1 aliphatic heterocycles. The number of rotatable bonds is 8. The maximum atomic E-state index is 13.0. The zero-order chi connectivity index (χ0) is 24.8. The molecule has 3 rings (SSSR count). The number of hydrogen-bond acceptors (Lipinski definition) is 6. The van der Waals surface area contributed by atoms with Gasteiger partial charge in [-0.2, -0.15) is 0 Å². The second-order valence-corrected chi connectivity index (χ2v) is 7.91. The summed E-state index contributed by atoms with van der Waals surface area (Å²) in [6.07, 6.45) is 1.65. The Morgan fingerprint density at radius 2 is 1.62 bits per heavy atom. The van der Waals surface area contributed by atoms with Crippen molar-refractivity contribution in [3.8, 4) is 11.5 Å². The summed E-state index contributed by atoms with van der Waals surface area (Å²) in [5.74, 6) is 0.0925. The topological polar surface area (TPSA) is 94.2 Å². The van der Waals surface area contributed by atoms with Crippen molar-refractivity contribution >= 4 is 29.5 Å². The van der Waals surface area contributed by atoms with Gasteiger partial charge in [-0.15, -0.1) is 0 Å². The van der Waals surface area contributed by atoms with Gasteiger partial charge in [0.2, 0.25) is 0 Å². The second kappa shape index (κ2) is 10.7. The number of esters is 1. The molecule has 34 heavy (non-hydrogen) atoms. The van der Waals surface area contributed by atoms with Crippen LogP contribution in [0.4, 0.5) is 5.69 Å². The first kappa shape index (κ1) is 24.6. The number of carbonyl (C=O) groups excluding carboxylic acids is 3. The van der Waals surface area contributed by atoms with Crippen LogP contribution in [0, 0.1) is 0 Å². The van der Waals surface area contributed by atoms with E-state index in [0.717, 1.165) is 0 Å². The number of methoxy groups -OCH3 is 2. The Hall–Kier alpha value is -4.07. The molecule has 2 aromatic carbocycles. The lowest BCUT2D eigenvalue weighted by Crippen LogP contribution is -2.31. The Kier molecular flexibility index (Phi) is 7.73. The van der Waals surface area contributed by atoms with Crippen LogP contribution in [-0.4, -0.2) is 49.6 Å². The van der Waals surface area contributed by atoms with Gasteiger partial charge in [-0.3, -0.25) is 9.59 Å². The summed E-state index contributed by atoms with van der Waals surface area (Å²) in [7, 11) is 2.87. The average molecular weight is 465 g/mol. The predicted molar refractivity (Wildman–Crippen MR) is 128 cm³/mol. The van der Waals surface area contributed by atoms with Crippen molar-refractivity contribution in [1.82, 2.24) is 4.90 Å². The molecule has 0 atom stereocenters. The molecule has 1 aliphatic rings. The van der Waals surface area contributed by atoms with Crippen molar-refractivity contribution in [2.45, 2.75) is 26.8 Å². The maximum Gasteiger partial charge on any atom is 0.340 e. The van der Waals surface area contributed by atoms with Crippen LogP contribution >= 0.6 is 0 Å². The number of carbonyl (C=O) groups is 3. The lowest BCUT2D eigenvalue weighted by atomic mass is 10.0. The zero-order valence-electron chi connectivity index (χ0n) is 19.9. The smallest absolute Gasteiger partial charge is 0.340 e. The summed E-state index contributed by atoms with van der Waals surface area (Å²) in [6, 6.07) is 13.8. The summed E-state index contributed by atoms with van der Waals surface area (Å²) >= 11 is 0. The predicted octanol–water partition coefficient (Wildman–Crippen LogP) is 3.79. The lowest BCUT2D eigenvalue weighted by Gasteiger charge is -2.22. The maximum absolute atomic E-state index is 13.0. The van der Waals surface area contributed by atoms with Crippen LogP contribution in [0.5, 0.6) is 11.5 Å². The van der Waals surface area contributed by atoms with Gasteiger partial charge < -0.3 is 24.4 Å². The van der Waals surface area contributed by atoms with E-state index in [9.17, 15) is 14.4 Å². The van der Waals surface area contributed by atoms with E-state index >= 15 is 0 Å². The molecule has 8 nitrogen and oxygen atoms in total. The monoisotopic (exact) mass is 464 g/mol. The Morgan fingerprint density at radius 1 is 1.00 bits per heavy atom. The number of ether oxygens (including phenoxy) is 3. The number of amides is 2. The van der Waals surface area contributed by atoms with Crippen LogP contribution in [-0.2, 0) is 19.1 Å². The summed E-state index contributed by atoms with van der Waals surface area (Å²) in [5.41, 5.74) is 2.46. The first-order valence-corrected chi connectivity index (χ1v) is 10.8. The first-order chi connectivity index (χ1) is 16.2. The van der Waals surface area contributed by atoms with Crippen LogP contribution in [0.3, 0.4) is 0 Å². The number of allylic oxidation sites excluding steroid dienone is 1. The van der Waals surface area contributed by atoms with E-state index in [1.165, 1.54) is 7.11 Å². The van der Waals surface area contributed by atoms with E-state index in [1.54, 1.807) is 73.5 Å². The molecule has 0 spiro atoms. The number of nitrogens with zero attached hydrogens (tertiary/aromatic N) is 1. The molecule has 0 aromatic heterocycles. The SMILES string of the molecule is COC(=O)C1=C(C)N(C(C)C)C(=O)/C1=C\c1ccc(OCC(=O)Nc2ccc(OC)cc2)cc1. The Bertz CT molecular complexity index is 1130. The molecule has 8 heteroatoms. The zero-order valence-corrected chi connectivity index (χ0v) is 19.9. The largest absolute Gasteiger partial charge is 0.497 e. The highest BCUT2D eigenvalue weighted by molar-refractivity contribution is 6.16. The fourth-order valence-corrected chi connectivity index (χ4v) is 3.67. The highest BCUT2D eigenvalue weighted by atomic mass is 16.5. The van der Waals surface area contributed by atoms with Gasteiger partial charge in [0.05, 0.1) is 25.4 Å². The fraction of sp³-hybridized carbons (Fsp3) is 0.269. The molecule has 0 radical (unpaired) electrons. The third-order valence-corrected chi connectivity index (χ3v) is 5.28. The van der Waals surface area contributed by atoms with Crippen molar-refractivity contribution in [1.29, 1.82) is 0 Å². The minimum atomic E-state index is -0.553. The van der Waals surface area contributed by atoms with Gasteiger partial charge in [0.15, 0.2) is 6.61 Å². The summed E-state index contributed by atoms with van der Waals surface area (Å²) in [4.78, 5) is 39.0. The normalized spacial score (nSPS) is 14.6. The van der Waals surface area contributed by atoms with Crippen molar-refractivity contribution < 1.29 is 28.6 Å². The lowest BCUT2D eigenvalue weighted by molar-refractivity contribution is -0.136. The van der Waals surface area contributed by atoms with Gasteiger partial charge in [-0.25, -0.2) is 4.79 Å². The molecule has 178 valence electrons. The molecule has 2 aromatic rings. The summed E-state index contributed by atoms with van der Waals surface area (Å²) < 4.78 is 15.5. The highest BCUT2D eigenvalue weighted by Gasteiger charge is 2.38. The number of anilines is 1. The van der Waals surface area contributed by atoms with Crippen LogP contribution < -0.4 is 14.8 Å². The third-order valence-electron chi connectivity index (χ3n) is 5.28. The molecular formula is C26H28N2O6. The van der Waals surface area contributed by atoms with Crippen LogP contribution in [0.1, 0.15) is 26.3 Å². The van der Waals surface area contributed by atoms with Crippen LogP contribution in [0.25, 0.3) is 6.08 Å². The van der Waals surface area contributed by atoms with Crippen molar-refractivity contribution in [3.63, 3.8) is 0 Å². The van der Waals surface area contributed by atoms with E-state index in [2.05, 4.69) is 5.32 Å². The van der Waals surface area contributed by atoms with Gasteiger partial charge in [0.1, 0.15) is 11.5 Å². The number of hydrogen-bond donors (Lipinski definition) is 1. The van der Waals surface area contributed by atoms with E-state index in [-0.39, 0.29) is 35.6 Å². The van der Waals surface area contributed by atoms with Crippen molar-refractivity contribution in [2.24, 2.45) is 0 Å². The minimum Gasteiger partial charge on any atom is -0.497 e. The Morgan fingerprint density at radius 3 is 2.18 bits per heavy atom. The minimum absolute atomic E-state index is 0.0992. The van der Waals surface area contributed by atoms with Crippen molar-refractivity contribution in [3.05, 3.63) is 70.9 Å². The highest BCUT2D eigenvalue weighted by Crippen LogP contribution is 2.33. The Labute approximate surface area is 198 Å². The molecule has 0 unspecified atom stereocenters. The second-order valence-electron chi connectivity index (χ2n) is 7.91. The molecule has 0 saturated carbocycles. The first-order valence-electron chi connectivity index (χ1n) is 10.8.